The van der Waals surface area contributed by atoms with E-state index in [1.807, 2.05) is 77.2 Å². The number of anilines is 1. The SMILES string of the molecule is Cc1ccc(NC(=O)CCN2C(=S)N[C@@H](c3ccccn3)[C@@H]2c2cccn2-c2ccc([N+](=O)[O-])cc2)cc1. The molecule has 1 saturated heterocycles. The lowest BCUT2D eigenvalue weighted by Crippen LogP contribution is -2.33. The predicted octanol–water partition coefficient (Wildman–Crippen LogP) is 5.09. The first-order valence-electron chi connectivity index (χ1n) is 12.2. The van der Waals surface area contributed by atoms with Gasteiger partial charge in [0.1, 0.15) is 0 Å². The molecule has 1 aliphatic rings. The number of aryl methyl sites for hydroxylation is 1. The highest BCUT2D eigenvalue weighted by Crippen LogP contribution is 2.39. The van der Waals surface area contributed by atoms with Crippen LogP contribution in [0.2, 0.25) is 0 Å². The molecule has 38 heavy (non-hydrogen) atoms. The van der Waals surface area contributed by atoms with Gasteiger partial charge in [-0.25, -0.2) is 0 Å². The van der Waals surface area contributed by atoms with Crippen molar-refractivity contribution in [1.29, 1.82) is 0 Å². The third-order valence-electron chi connectivity index (χ3n) is 6.53. The lowest BCUT2D eigenvalue weighted by Gasteiger charge is -2.28. The van der Waals surface area contributed by atoms with Gasteiger partial charge < -0.3 is 20.1 Å². The zero-order valence-electron chi connectivity index (χ0n) is 20.7. The van der Waals surface area contributed by atoms with Crippen LogP contribution in [0, 0.1) is 17.0 Å². The second kappa shape index (κ2) is 10.8. The third kappa shape index (κ3) is 5.25. The molecule has 0 spiro atoms. The summed E-state index contributed by atoms with van der Waals surface area (Å²) in [4.78, 5) is 30.1. The predicted molar refractivity (Wildman–Crippen MR) is 149 cm³/mol. The molecule has 0 radical (unpaired) electrons. The van der Waals surface area contributed by atoms with E-state index in [0.29, 0.717) is 11.7 Å². The van der Waals surface area contributed by atoms with E-state index in [-0.39, 0.29) is 30.1 Å². The van der Waals surface area contributed by atoms with Gasteiger partial charge in [0.25, 0.3) is 5.69 Å². The number of nitro groups is 1. The Morgan fingerprint density at radius 3 is 2.53 bits per heavy atom. The van der Waals surface area contributed by atoms with Gasteiger partial charge in [-0.2, -0.15) is 0 Å². The van der Waals surface area contributed by atoms with Crippen LogP contribution < -0.4 is 10.6 Å². The number of non-ortho nitro benzene ring substituents is 1. The monoisotopic (exact) mass is 526 g/mol. The highest BCUT2D eigenvalue weighted by molar-refractivity contribution is 7.80. The molecule has 3 heterocycles. The molecule has 0 aliphatic carbocycles. The minimum absolute atomic E-state index is 0.0266. The summed E-state index contributed by atoms with van der Waals surface area (Å²) in [6, 6.07) is 23.2. The Morgan fingerprint density at radius 1 is 1.08 bits per heavy atom. The minimum Gasteiger partial charge on any atom is -0.352 e. The molecule has 2 N–H and O–H groups in total. The highest BCUT2D eigenvalue weighted by atomic mass is 32.1. The number of rotatable bonds is 8. The van der Waals surface area contributed by atoms with Gasteiger partial charge >= 0.3 is 0 Å². The minimum atomic E-state index is -0.416. The van der Waals surface area contributed by atoms with Crippen LogP contribution in [-0.2, 0) is 4.79 Å². The first-order valence-corrected chi connectivity index (χ1v) is 12.6. The van der Waals surface area contributed by atoms with E-state index >= 15 is 0 Å². The van der Waals surface area contributed by atoms with E-state index in [2.05, 4.69) is 15.6 Å². The number of hydrogen-bond donors (Lipinski definition) is 2. The van der Waals surface area contributed by atoms with Crippen LogP contribution in [0.5, 0.6) is 0 Å². The van der Waals surface area contributed by atoms with Crippen molar-refractivity contribution in [2.75, 3.05) is 11.9 Å². The first-order chi connectivity index (χ1) is 18.4. The number of amides is 1. The Labute approximate surface area is 225 Å². The van der Waals surface area contributed by atoms with E-state index < -0.39 is 4.92 Å². The highest BCUT2D eigenvalue weighted by Gasteiger charge is 2.41. The molecular formula is C28H26N6O3S. The summed E-state index contributed by atoms with van der Waals surface area (Å²) in [5, 5.41) is 18.0. The van der Waals surface area contributed by atoms with Gasteiger partial charge in [0.2, 0.25) is 5.91 Å². The van der Waals surface area contributed by atoms with E-state index in [1.54, 1.807) is 18.3 Å². The number of nitrogens with one attached hydrogen (secondary N) is 2. The molecule has 1 amide bonds. The Balaban J connectivity index is 1.43. The van der Waals surface area contributed by atoms with Gasteiger partial charge in [-0.3, -0.25) is 19.9 Å². The number of nitro benzene ring substituents is 1. The van der Waals surface area contributed by atoms with E-state index in [9.17, 15) is 14.9 Å². The van der Waals surface area contributed by atoms with Gasteiger partial charge in [-0.05, 0) is 67.7 Å². The van der Waals surface area contributed by atoms with Crippen LogP contribution in [0.1, 0.15) is 35.5 Å². The fourth-order valence-electron chi connectivity index (χ4n) is 4.66. The number of carbonyl (C=O) groups is 1. The quantitative estimate of drug-likeness (QED) is 0.187. The summed E-state index contributed by atoms with van der Waals surface area (Å²) >= 11 is 5.74. The molecule has 1 fully saturated rings. The molecule has 2 atom stereocenters. The fraction of sp³-hybridized carbons (Fsp3) is 0.179. The number of pyridine rings is 1. The Bertz CT molecular complexity index is 1450. The number of hydrogen-bond acceptors (Lipinski definition) is 5. The molecule has 9 nitrogen and oxygen atoms in total. The van der Waals surface area contributed by atoms with Gasteiger partial charge in [-0.15, -0.1) is 0 Å². The van der Waals surface area contributed by atoms with E-state index in [4.69, 9.17) is 12.2 Å². The summed E-state index contributed by atoms with van der Waals surface area (Å²) in [6.45, 7) is 2.39. The van der Waals surface area contributed by atoms with Crippen molar-refractivity contribution in [1.82, 2.24) is 19.8 Å². The van der Waals surface area contributed by atoms with Crippen LogP contribution in [0.4, 0.5) is 11.4 Å². The Morgan fingerprint density at radius 2 is 1.84 bits per heavy atom. The molecule has 10 heteroatoms. The topological polar surface area (TPSA) is 105 Å². The number of aromatic nitrogens is 2. The van der Waals surface area contributed by atoms with Crippen molar-refractivity contribution in [3.05, 3.63) is 118 Å². The molecule has 0 saturated carbocycles. The lowest BCUT2D eigenvalue weighted by molar-refractivity contribution is -0.384. The summed E-state index contributed by atoms with van der Waals surface area (Å²) in [7, 11) is 0. The second-order valence-corrected chi connectivity index (χ2v) is 9.45. The van der Waals surface area contributed by atoms with Gasteiger partial charge in [-0.1, -0.05) is 23.8 Å². The van der Waals surface area contributed by atoms with Crippen LogP contribution in [0.15, 0.2) is 91.3 Å². The average Bonchev–Trinajstić information content (AvgIpc) is 3.53. The average molecular weight is 527 g/mol. The van der Waals surface area contributed by atoms with Gasteiger partial charge in [0.05, 0.1) is 22.7 Å². The van der Waals surface area contributed by atoms with Crippen molar-refractivity contribution in [3.63, 3.8) is 0 Å². The first kappa shape index (κ1) is 25.1. The maximum absolute atomic E-state index is 12.8. The zero-order chi connectivity index (χ0) is 26.6. The number of thiocarbonyl (C=S) groups is 1. The summed E-state index contributed by atoms with van der Waals surface area (Å²) in [5.41, 5.74) is 4.42. The Hall–Kier alpha value is -4.57. The Kier molecular flexibility index (Phi) is 7.14. The van der Waals surface area contributed by atoms with Gasteiger partial charge in [0.15, 0.2) is 5.11 Å². The summed E-state index contributed by atoms with van der Waals surface area (Å²) in [5.74, 6) is -0.109. The molecule has 2 aromatic heterocycles. The van der Waals surface area contributed by atoms with Crippen molar-refractivity contribution >= 4 is 34.6 Å². The van der Waals surface area contributed by atoms with Crippen LogP contribution in [0.25, 0.3) is 5.69 Å². The van der Waals surface area contributed by atoms with Crippen LogP contribution in [0.3, 0.4) is 0 Å². The number of nitrogens with zero attached hydrogens (tertiary/aromatic N) is 4. The molecule has 1 aliphatic heterocycles. The van der Waals surface area contributed by atoms with Crippen LogP contribution >= 0.6 is 12.2 Å². The molecule has 0 unspecified atom stereocenters. The van der Waals surface area contributed by atoms with E-state index in [1.165, 1.54) is 12.1 Å². The van der Waals surface area contributed by atoms with E-state index in [0.717, 1.165) is 28.3 Å². The van der Waals surface area contributed by atoms with Crippen molar-refractivity contribution < 1.29 is 9.72 Å². The van der Waals surface area contributed by atoms with Crippen molar-refractivity contribution in [2.45, 2.75) is 25.4 Å². The molecule has 5 rings (SSSR count). The molecular weight excluding hydrogens is 500 g/mol. The maximum atomic E-state index is 12.8. The van der Waals surface area contributed by atoms with Crippen molar-refractivity contribution in [2.24, 2.45) is 0 Å². The largest absolute Gasteiger partial charge is 0.352 e. The number of benzene rings is 2. The standard InChI is InChI=1S/C28H26N6O3S/c1-19-7-9-20(10-8-19)30-25(35)15-18-33-27(26(31-28(33)38)23-5-2-3-16-29-23)24-6-4-17-32(24)21-11-13-22(14-12-21)34(36)37/h2-14,16-17,26-27H,15,18H2,1H3,(H,30,35)(H,31,38)/t26-,27-/m0/s1. The molecule has 4 aromatic rings. The summed E-state index contributed by atoms with van der Waals surface area (Å²) in [6.07, 6.45) is 3.89. The molecule has 0 bridgehead atoms. The molecule has 192 valence electrons. The third-order valence-corrected chi connectivity index (χ3v) is 6.89. The zero-order valence-corrected chi connectivity index (χ0v) is 21.5. The lowest BCUT2D eigenvalue weighted by atomic mass is 10.0. The number of carbonyl (C=O) groups excluding carboxylic acids is 1. The second-order valence-electron chi connectivity index (χ2n) is 9.06. The van der Waals surface area contributed by atoms with Gasteiger partial charge in [0, 0.05) is 54.6 Å². The van der Waals surface area contributed by atoms with Crippen LogP contribution in [-0.4, -0.2) is 36.9 Å². The molecule has 2 aromatic carbocycles. The van der Waals surface area contributed by atoms with Crippen molar-refractivity contribution in [3.8, 4) is 5.69 Å². The maximum Gasteiger partial charge on any atom is 0.269 e. The fourth-order valence-corrected chi connectivity index (χ4v) is 4.99. The summed E-state index contributed by atoms with van der Waals surface area (Å²) < 4.78 is 1.99. The normalized spacial score (nSPS) is 16.8. The smallest absolute Gasteiger partial charge is 0.269 e.